The average Bonchev–Trinajstić information content (AvgIpc) is 2.70. The standard InChI is InChI=1S/C24H29ClN4O2/c1-16-9-10-17(2)22-21(16)13-18(23(30)27-22)15-29(12-6-11-28(3)4)24(31)26-20-8-5-7-19(25)14-20/h5,7-10,13-14H,6,11-12,15H2,1-4H3,(H,26,31)(H,27,30). The molecule has 164 valence electrons. The number of hydrogen-bond acceptors (Lipinski definition) is 3. The van der Waals surface area contributed by atoms with Gasteiger partial charge in [0.2, 0.25) is 0 Å². The van der Waals surface area contributed by atoms with Crippen LogP contribution in [-0.4, -0.2) is 48.0 Å². The summed E-state index contributed by atoms with van der Waals surface area (Å²) >= 11 is 6.04. The molecule has 2 aromatic carbocycles. The van der Waals surface area contributed by atoms with Gasteiger partial charge in [-0.15, -0.1) is 0 Å². The van der Waals surface area contributed by atoms with Crippen molar-refractivity contribution in [3.8, 4) is 0 Å². The van der Waals surface area contributed by atoms with E-state index in [0.717, 1.165) is 35.0 Å². The molecule has 2 amide bonds. The molecule has 0 bridgehead atoms. The Hall–Kier alpha value is -2.83. The van der Waals surface area contributed by atoms with Gasteiger partial charge in [-0.3, -0.25) is 4.79 Å². The van der Waals surface area contributed by atoms with E-state index in [1.165, 1.54) is 0 Å². The molecule has 0 saturated carbocycles. The van der Waals surface area contributed by atoms with E-state index in [1.807, 2.05) is 46.1 Å². The van der Waals surface area contributed by atoms with E-state index in [-0.39, 0.29) is 18.1 Å². The second-order valence-corrected chi connectivity index (χ2v) is 8.57. The number of nitrogens with zero attached hydrogens (tertiary/aromatic N) is 2. The van der Waals surface area contributed by atoms with Crippen molar-refractivity contribution in [3.63, 3.8) is 0 Å². The molecule has 1 aromatic heterocycles. The molecule has 1 heterocycles. The maximum Gasteiger partial charge on any atom is 0.322 e. The van der Waals surface area contributed by atoms with Crippen LogP contribution in [0.4, 0.5) is 10.5 Å². The lowest BCUT2D eigenvalue weighted by atomic mass is 10.0. The monoisotopic (exact) mass is 440 g/mol. The minimum Gasteiger partial charge on any atom is -0.321 e. The zero-order valence-corrected chi connectivity index (χ0v) is 19.2. The molecule has 2 N–H and O–H groups in total. The van der Waals surface area contributed by atoms with E-state index in [9.17, 15) is 9.59 Å². The van der Waals surface area contributed by atoms with Gasteiger partial charge in [-0.25, -0.2) is 4.79 Å². The number of urea groups is 1. The van der Waals surface area contributed by atoms with Crippen molar-refractivity contribution < 1.29 is 4.79 Å². The van der Waals surface area contributed by atoms with Crippen molar-refractivity contribution in [1.29, 1.82) is 0 Å². The van der Waals surface area contributed by atoms with Gasteiger partial charge in [-0.1, -0.05) is 29.8 Å². The first-order valence-corrected chi connectivity index (χ1v) is 10.7. The molecular formula is C24H29ClN4O2. The van der Waals surface area contributed by atoms with Crippen molar-refractivity contribution >= 4 is 34.2 Å². The van der Waals surface area contributed by atoms with Crippen LogP contribution in [0.5, 0.6) is 0 Å². The number of rotatable bonds is 7. The predicted molar refractivity (Wildman–Crippen MR) is 128 cm³/mol. The van der Waals surface area contributed by atoms with E-state index in [2.05, 4.69) is 15.2 Å². The van der Waals surface area contributed by atoms with Crippen LogP contribution in [-0.2, 0) is 6.54 Å². The summed E-state index contributed by atoms with van der Waals surface area (Å²) in [5.74, 6) is 0. The molecule has 6 nitrogen and oxygen atoms in total. The third-order valence-electron chi connectivity index (χ3n) is 5.28. The fourth-order valence-electron chi connectivity index (χ4n) is 3.54. The zero-order valence-electron chi connectivity index (χ0n) is 18.5. The zero-order chi connectivity index (χ0) is 22.5. The summed E-state index contributed by atoms with van der Waals surface area (Å²) in [6, 6.07) is 12.7. The van der Waals surface area contributed by atoms with Gasteiger partial charge in [-0.05, 0) is 76.3 Å². The van der Waals surface area contributed by atoms with E-state index in [1.54, 1.807) is 29.2 Å². The minimum absolute atomic E-state index is 0.172. The number of H-pyrrole nitrogens is 1. The Balaban J connectivity index is 1.88. The Kier molecular flexibility index (Phi) is 7.36. The summed E-state index contributed by atoms with van der Waals surface area (Å²) in [4.78, 5) is 32.6. The number of halogens is 1. The number of aromatic amines is 1. The minimum atomic E-state index is -0.263. The summed E-state index contributed by atoms with van der Waals surface area (Å²) in [5, 5.41) is 4.44. The molecule has 0 aliphatic rings. The third kappa shape index (κ3) is 5.87. The number of fused-ring (bicyclic) bond motifs is 1. The molecule has 31 heavy (non-hydrogen) atoms. The predicted octanol–water partition coefficient (Wildman–Crippen LogP) is 4.78. The Morgan fingerprint density at radius 2 is 1.81 bits per heavy atom. The molecule has 0 saturated heterocycles. The van der Waals surface area contributed by atoms with Crippen molar-refractivity contribution in [3.05, 3.63) is 74.5 Å². The molecule has 0 aliphatic carbocycles. The van der Waals surface area contributed by atoms with Gasteiger partial charge >= 0.3 is 6.03 Å². The number of carbonyl (C=O) groups excluding carboxylic acids is 1. The van der Waals surface area contributed by atoms with Gasteiger partial charge in [0, 0.05) is 28.2 Å². The first-order chi connectivity index (χ1) is 14.7. The number of aromatic nitrogens is 1. The lowest BCUT2D eigenvalue weighted by Crippen LogP contribution is -2.37. The lowest BCUT2D eigenvalue weighted by Gasteiger charge is -2.24. The molecule has 0 spiro atoms. The Bertz CT molecular complexity index is 1140. The smallest absolute Gasteiger partial charge is 0.321 e. The van der Waals surface area contributed by atoms with E-state index in [0.29, 0.717) is 22.8 Å². The Morgan fingerprint density at radius 3 is 2.52 bits per heavy atom. The normalized spacial score (nSPS) is 11.2. The van der Waals surface area contributed by atoms with Crippen molar-refractivity contribution in [1.82, 2.24) is 14.8 Å². The van der Waals surface area contributed by atoms with E-state index < -0.39 is 0 Å². The highest BCUT2D eigenvalue weighted by Crippen LogP contribution is 2.21. The maximum atomic E-state index is 13.0. The van der Waals surface area contributed by atoms with Crippen LogP contribution in [0.3, 0.4) is 0 Å². The molecular weight excluding hydrogens is 412 g/mol. The van der Waals surface area contributed by atoms with Crippen molar-refractivity contribution in [2.75, 3.05) is 32.5 Å². The van der Waals surface area contributed by atoms with Crippen molar-refractivity contribution in [2.45, 2.75) is 26.8 Å². The molecule has 0 atom stereocenters. The number of amides is 2. The SMILES string of the molecule is Cc1ccc(C)c2[nH]c(=O)c(CN(CCCN(C)C)C(=O)Nc3cccc(Cl)c3)cc12. The van der Waals surface area contributed by atoms with Gasteiger partial charge in [-0.2, -0.15) is 0 Å². The summed E-state index contributed by atoms with van der Waals surface area (Å²) in [6.45, 7) is 5.58. The Labute approximate surface area is 187 Å². The van der Waals surface area contributed by atoms with Gasteiger partial charge in [0.25, 0.3) is 5.56 Å². The van der Waals surface area contributed by atoms with Gasteiger partial charge < -0.3 is 20.1 Å². The van der Waals surface area contributed by atoms with E-state index >= 15 is 0 Å². The first kappa shape index (κ1) is 22.8. The van der Waals surface area contributed by atoms with Crippen LogP contribution >= 0.6 is 11.6 Å². The number of benzene rings is 2. The summed E-state index contributed by atoms with van der Waals surface area (Å²) in [6.07, 6.45) is 0.791. The molecule has 0 aliphatic heterocycles. The molecule has 3 rings (SSSR count). The largest absolute Gasteiger partial charge is 0.322 e. The highest BCUT2D eigenvalue weighted by Gasteiger charge is 2.17. The highest BCUT2D eigenvalue weighted by atomic mass is 35.5. The van der Waals surface area contributed by atoms with Gasteiger partial charge in [0.1, 0.15) is 0 Å². The second kappa shape index (κ2) is 9.98. The average molecular weight is 441 g/mol. The molecule has 0 unspecified atom stereocenters. The lowest BCUT2D eigenvalue weighted by molar-refractivity contribution is 0.205. The molecule has 7 heteroatoms. The quantitative estimate of drug-likeness (QED) is 0.555. The summed E-state index contributed by atoms with van der Waals surface area (Å²) in [7, 11) is 3.99. The maximum absolute atomic E-state index is 13.0. The number of aryl methyl sites for hydroxylation is 2. The van der Waals surface area contributed by atoms with Gasteiger partial charge in [0.05, 0.1) is 12.1 Å². The fourth-order valence-corrected chi connectivity index (χ4v) is 3.73. The van der Waals surface area contributed by atoms with Gasteiger partial charge in [0.15, 0.2) is 0 Å². The van der Waals surface area contributed by atoms with Crippen molar-refractivity contribution in [2.24, 2.45) is 0 Å². The number of hydrogen-bond donors (Lipinski definition) is 2. The summed E-state index contributed by atoms with van der Waals surface area (Å²) in [5.41, 5.74) is 3.96. The molecule has 0 fully saturated rings. The van der Waals surface area contributed by atoms with Crippen LogP contribution in [0.25, 0.3) is 10.9 Å². The Morgan fingerprint density at radius 1 is 1.06 bits per heavy atom. The highest BCUT2D eigenvalue weighted by molar-refractivity contribution is 6.30. The third-order valence-corrected chi connectivity index (χ3v) is 5.51. The van der Waals surface area contributed by atoms with Crippen LogP contribution in [0.2, 0.25) is 5.02 Å². The number of carbonyl (C=O) groups is 1. The van der Waals surface area contributed by atoms with Crippen LogP contribution in [0.1, 0.15) is 23.1 Å². The fraction of sp³-hybridized carbons (Fsp3) is 0.333. The van der Waals surface area contributed by atoms with E-state index in [4.69, 9.17) is 11.6 Å². The number of anilines is 1. The van der Waals surface area contributed by atoms with Crippen LogP contribution in [0.15, 0.2) is 47.3 Å². The number of nitrogens with one attached hydrogen (secondary N) is 2. The van der Waals surface area contributed by atoms with Crippen LogP contribution < -0.4 is 10.9 Å². The second-order valence-electron chi connectivity index (χ2n) is 8.13. The molecule has 0 radical (unpaired) electrons. The summed E-state index contributed by atoms with van der Waals surface area (Å²) < 4.78 is 0. The molecule has 3 aromatic rings. The topological polar surface area (TPSA) is 68.4 Å². The van der Waals surface area contributed by atoms with Crippen LogP contribution in [0, 0.1) is 13.8 Å². The first-order valence-electron chi connectivity index (χ1n) is 10.3. The number of pyridine rings is 1.